The van der Waals surface area contributed by atoms with Gasteiger partial charge in [0.25, 0.3) is 0 Å². The van der Waals surface area contributed by atoms with E-state index in [1.165, 1.54) is 11.3 Å². The SMILES string of the molecule is CC(Br)C(=O)c1ccc2c(c1)CCN2. The van der Waals surface area contributed by atoms with Crippen molar-refractivity contribution in [3.05, 3.63) is 29.3 Å². The molecule has 1 aliphatic rings. The number of fused-ring (bicyclic) bond motifs is 1. The Morgan fingerprint density at radius 3 is 3.07 bits per heavy atom. The van der Waals surface area contributed by atoms with Gasteiger partial charge in [0.2, 0.25) is 0 Å². The van der Waals surface area contributed by atoms with Crippen molar-refractivity contribution < 1.29 is 4.79 Å². The maximum atomic E-state index is 11.7. The smallest absolute Gasteiger partial charge is 0.176 e. The lowest BCUT2D eigenvalue weighted by Gasteiger charge is -2.05. The molecule has 1 atom stereocenters. The highest BCUT2D eigenvalue weighted by atomic mass is 79.9. The molecule has 0 radical (unpaired) electrons. The Morgan fingerprint density at radius 1 is 1.57 bits per heavy atom. The molecule has 14 heavy (non-hydrogen) atoms. The van der Waals surface area contributed by atoms with Gasteiger partial charge < -0.3 is 5.32 Å². The van der Waals surface area contributed by atoms with Crippen LogP contribution in [0.4, 0.5) is 5.69 Å². The van der Waals surface area contributed by atoms with Crippen molar-refractivity contribution in [3.8, 4) is 0 Å². The molecule has 2 rings (SSSR count). The van der Waals surface area contributed by atoms with Gasteiger partial charge in [0, 0.05) is 17.8 Å². The van der Waals surface area contributed by atoms with Gasteiger partial charge in [-0.25, -0.2) is 0 Å². The first-order valence-corrected chi connectivity index (χ1v) is 5.65. The number of benzene rings is 1. The maximum Gasteiger partial charge on any atom is 0.176 e. The number of rotatable bonds is 2. The van der Waals surface area contributed by atoms with Crippen LogP contribution >= 0.6 is 15.9 Å². The van der Waals surface area contributed by atoms with E-state index in [4.69, 9.17) is 0 Å². The van der Waals surface area contributed by atoms with Crippen LogP contribution in [0.3, 0.4) is 0 Å². The van der Waals surface area contributed by atoms with Crippen molar-refractivity contribution in [1.29, 1.82) is 0 Å². The van der Waals surface area contributed by atoms with Crippen LogP contribution in [0.1, 0.15) is 22.8 Å². The summed E-state index contributed by atoms with van der Waals surface area (Å²) >= 11 is 3.29. The van der Waals surface area contributed by atoms with E-state index in [0.717, 1.165) is 18.5 Å². The molecule has 74 valence electrons. The van der Waals surface area contributed by atoms with Crippen molar-refractivity contribution in [2.45, 2.75) is 18.2 Å². The summed E-state index contributed by atoms with van der Waals surface area (Å²) in [7, 11) is 0. The summed E-state index contributed by atoms with van der Waals surface area (Å²) < 4.78 is 0. The van der Waals surface area contributed by atoms with Crippen LogP contribution in [-0.2, 0) is 6.42 Å². The molecule has 0 bridgehead atoms. The Kier molecular flexibility index (Phi) is 2.59. The molecule has 0 fully saturated rings. The molecule has 3 heteroatoms. The van der Waals surface area contributed by atoms with Crippen LogP contribution in [0.25, 0.3) is 0 Å². The predicted molar refractivity (Wildman–Crippen MR) is 61.4 cm³/mol. The van der Waals surface area contributed by atoms with Crippen molar-refractivity contribution in [3.63, 3.8) is 0 Å². The van der Waals surface area contributed by atoms with E-state index in [0.29, 0.717) is 0 Å². The first kappa shape index (κ1) is 9.71. The fourth-order valence-corrected chi connectivity index (χ4v) is 1.95. The third-order valence-corrected chi connectivity index (χ3v) is 2.88. The van der Waals surface area contributed by atoms with Gasteiger partial charge in [-0.3, -0.25) is 4.79 Å². The quantitative estimate of drug-likeness (QED) is 0.649. The standard InChI is InChI=1S/C11H12BrNO/c1-7(12)11(14)9-2-3-10-8(6-9)4-5-13-10/h2-3,6-7,13H,4-5H2,1H3. The third kappa shape index (κ3) is 1.69. The van der Waals surface area contributed by atoms with Gasteiger partial charge in [-0.15, -0.1) is 0 Å². The normalized spacial score (nSPS) is 15.9. The fourth-order valence-electron chi connectivity index (χ4n) is 1.69. The van der Waals surface area contributed by atoms with Crippen LogP contribution in [0.15, 0.2) is 18.2 Å². The maximum absolute atomic E-state index is 11.7. The van der Waals surface area contributed by atoms with Gasteiger partial charge in [0.05, 0.1) is 4.83 Å². The van der Waals surface area contributed by atoms with Gasteiger partial charge in [0.1, 0.15) is 0 Å². The van der Waals surface area contributed by atoms with E-state index in [9.17, 15) is 4.79 Å². The zero-order valence-electron chi connectivity index (χ0n) is 8.01. The molecule has 1 N–H and O–H groups in total. The van der Waals surface area contributed by atoms with E-state index in [2.05, 4.69) is 21.2 Å². The number of carbonyl (C=O) groups excluding carboxylic acids is 1. The average molecular weight is 254 g/mol. The zero-order chi connectivity index (χ0) is 10.1. The minimum Gasteiger partial charge on any atom is -0.384 e. The van der Waals surface area contributed by atoms with Gasteiger partial charge in [0.15, 0.2) is 5.78 Å². The van der Waals surface area contributed by atoms with Crippen LogP contribution in [0, 0.1) is 0 Å². The number of alkyl halides is 1. The molecule has 0 aliphatic carbocycles. The lowest BCUT2D eigenvalue weighted by Crippen LogP contribution is -2.09. The van der Waals surface area contributed by atoms with Crippen molar-refractivity contribution >= 4 is 27.4 Å². The summed E-state index contributed by atoms with van der Waals surface area (Å²) in [6, 6.07) is 5.87. The summed E-state index contributed by atoms with van der Waals surface area (Å²) in [5.74, 6) is 0.153. The Hall–Kier alpha value is -0.830. The molecule has 0 saturated carbocycles. The molecule has 0 amide bonds. The summed E-state index contributed by atoms with van der Waals surface area (Å²) in [6.45, 7) is 2.84. The molecule has 0 aromatic heterocycles. The highest BCUT2D eigenvalue weighted by Gasteiger charge is 2.15. The number of nitrogens with one attached hydrogen (secondary N) is 1. The van der Waals surface area contributed by atoms with Crippen LogP contribution in [0.5, 0.6) is 0 Å². The number of Topliss-reactive ketones (excluding diaryl/α,β-unsaturated/α-hetero) is 1. The van der Waals surface area contributed by atoms with Gasteiger partial charge >= 0.3 is 0 Å². The number of halogens is 1. The fraction of sp³-hybridized carbons (Fsp3) is 0.364. The minimum atomic E-state index is -0.102. The zero-order valence-corrected chi connectivity index (χ0v) is 9.60. The van der Waals surface area contributed by atoms with Gasteiger partial charge in [-0.2, -0.15) is 0 Å². The average Bonchev–Trinajstić information content (AvgIpc) is 2.62. The second-order valence-electron chi connectivity index (χ2n) is 3.53. The first-order chi connectivity index (χ1) is 6.68. The monoisotopic (exact) mass is 253 g/mol. The largest absolute Gasteiger partial charge is 0.384 e. The lowest BCUT2D eigenvalue weighted by molar-refractivity contribution is 0.0996. The topological polar surface area (TPSA) is 29.1 Å². The first-order valence-electron chi connectivity index (χ1n) is 4.73. The van der Waals surface area contributed by atoms with E-state index in [1.807, 2.05) is 25.1 Å². The third-order valence-electron chi connectivity index (χ3n) is 2.46. The second kappa shape index (κ2) is 3.73. The van der Waals surface area contributed by atoms with Crippen LogP contribution in [-0.4, -0.2) is 17.2 Å². The lowest BCUT2D eigenvalue weighted by atomic mass is 10.0. The molecule has 0 saturated heterocycles. The van der Waals surface area contributed by atoms with Crippen LogP contribution < -0.4 is 5.32 Å². The highest BCUT2D eigenvalue weighted by Crippen LogP contribution is 2.24. The Labute approximate surface area is 91.8 Å². The number of hydrogen-bond donors (Lipinski definition) is 1. The number of carbonyl (C=O) groups is 1. The van der Waals surface area contributed by atoms with Crippen LogP contribution in [0.2, 0.25) is 0 Å². The highest BCUT2D eigenvalue weighted by molar-refractivity contribution is 9.10. The predicted octanol–water partition coefficient (Wildman–Crippen LogP) is 2.62. The minimum absolute atomic E-state index is 0.102. The molecule has 1 aromatic carbocycles. The second-order valence-corrected chi connectivity index (χ2v) is 4.90. The molecular weight excluding hydrogens is 242 g/mol. The van der Waals surface area contributed by atoms with Crippen molar-refractivity contribution in [2.75, 3.05) is 11.9 Å². The molecule has 1 aromatic rings. The van der Waals surface area contributed by atoms with Gasteiger partial charge in [-0.1, -0.05) is 15.9 Å². The Balaban J connectivity index is 2.33. The molecule has 0 spiro atoms. The molecule has 1 aliphatic heterocycles. The van der Waals surface area contributed by atoms with E-state index in [-0.39, 0.29) is 10.6 Å². The molecule has 1 unspecified atom stereocenters. The van der Waals surface area contributed by atoms with Gasteiger partial charge in [-0.05, 0) is 37.1 Å². The Morgan fingerprint density at radius 2 is 2.36 bits per heavy atom. The van der Waals surface area contributed by atoms with E-state index < -0.39 is 0 Å². The number of ketones is 1. The van der Waals surface area contributed by atoms with Crippen molar-refractivity contribution in [1.82, 2.24) is 0 Å². The molecule has 2 nitrogen and oxygen atoms in total. The summed E-state index contributed by atoms with van der Waals surface area (Å²) in [5, 5.41) is 3.27. The van der Waals surface area contributed by atoms with E-state index in [1.54, 1.807) is 0 Å². The summed E-state index contributed by atoms with van der Waals surface area (Å²) in [4.78, 5) is 11.6. The van der Waals surface area contributed by atoms with Crippen molar-refractivity contribution in [2.24, 2.45) is 0 Å². The number of anilines is 1. The van der Waals surface area contributed by atoms with E-state index >= 15 is 0 Å². The summed E-state index contributed by atoms with van der Waals surface area (Å²) in [6.07, 6.45) is 1.02. The summed E-state index contributed by atoms with van der Waals surface area (Å²) in [5.41, 5.74) is 3.23. The Bertz CT molecular complexity index is 374. The molecular formula is C11H12BrNO. The molecule has 1 heterocycles. The number of hydrogen-bond acceptors (Lipinski definition) is 2.